The molecule has 0 bridgehead atoms. The van der Waals surface area contributed by atoms with Crippen LogP contribution in [0.4, 0.5) is 4.79 Å². The molecule has 3 aromatic carbocycles. The van der Waals surface area contributed by atoms with E-state index in [-0.39, 0.29) is 24.1 Å². The Morgan fingerprint density at radius 3 is 2.23 bits per heavy atom. The maximum atomic E-state index is 13.1. The number of carbonyl (C=O) groups excluding carboxylic acids is 1. The first-order valence-corrected chi connectivity index (χ1v) is 11.1. The van der Waals surface area contributed by atoms with Gasteiger partial charge in [-0.3, -0.25) is 0 Å². The molecule has 0 saturated carbocycles. The first-order valence-electron chi connectivity index (χ1n) is 11.1. The van der Waals surface area contributed by atoms with Gasteiger partial charge in [-0.1, -0.05) is 78.9 Å². The Morgan fingerprint density at radius 2 is 1.55 bits per heavy atom. The van der Waals surface area contributed by atoms with E-state index in [0.29, 0.717) is 13.2 Å². The van der Waals surface area contributed by atoms with Crippen LogP contribution in [0.3, 0.4) is 0 Å². The van der Waals surface area contributed by atoms with Gasteiger partial charge in [0.1, 0.15) is 6.61 Å². The number of fused-ring (bicyclic) bond motifs is 3. The zero-order chi connectivity index (χ0) is 21.2. The minimum absolute atomic E-state index is 0.0923. The molecule has 1 fully saturated rings. The third-order valence-corrected chi connectivity index (χ3v) is 6.55. The van der Waals surface area contributed by atoms with Gasteiger partial charge in [-0.05, 0) is 41.2 Å². The monoisotopic (exact) mass is 412 g/mol. The molecule has 4 nitrogen and oxygen atoms in total. The largest absolute Gasteiger partial charge is 0.448 e. The Kier molecular flexibility index (Phi) is 5.47. The van der Waals surface area contributed by atoms with Crippen LogP contribution in [0.25, 0.3) is 11.1 Å². The Morgan fingerprint density at radius 1 is 0.935 bits per heavy atom. The molecule has 2 atom stereocenters. The fourth-order valence-electron chi connectivity index (χ4n) is 4.90. The van der Waals surface area contributed by atoms with Crippen molar-refractivity contribution in [3.63, 3.8) is 0 Å². The van der Waals surface area contributed by atoms with Gasteiger partial charge < -0.3 is 15.0 Å². The number of rotatable bonds is 4. The third-order valence-electron chi connectivity index (χ3n) is 6.55. The lowest BCUT2D eigenvalue weighted by Gasteiger charge is -2.38. The summed E-state index contributed by atoms with van der Waals surface area (Å²) in [5, 5.41) is 3.58. The fourth-order valence-corrected chi connectivity index (χ4v) is 4.90. The number of amides is 1. The van der Waals surface area contributed by atoms with Crippen LogP contribution in [0.2, 0.25) is 0 Å². The maximum absolute atomic E-state index is 13.1. The molecule has 0 unspecified atom stereocenters. The van der Waals surface area contributed by atoms with Gasteiger partial charge in [0.2, 0.25) is 0 Å². The van der Waals surface area contributed by atoms with E-state index in [1.165, 1.54) is 27.8 Å². The smallest absolute Gasteiger partial charge is 0.410 e. The van der Waals surface area contributed by atoms with E-state index in [2.05, 4.69) is 85.0 Å². The molecule has 1 saturated heterocycles. The SMILES string of the molecule is C[C@@H]1CN[C@@H](Cc2ccccc2)CN1C(=O)OCC1c2ccccc2-c2ccccc21. The molecular weight excluding hydrogens is 384 g/mol. The van der Waals surface area contributed by atoms with Gasteiger partial charge in [0.25, 0.3) is 0 Å². The van der Waals surface area contributed by atoms with Gasteiger partial charge in [-0.15, -0.1) is 0 Å². The second-order valence-electron chi connectivity index (χ2n) is 8.60. The minimum Gasteiger partial charge on any atom is -0.448 e. The molecular formula is C27H28N2O2. The molecule has 3 aromatic rings. The number of nitrogens with zero attached hydrogens (tertiary/aromatic N) is 1. The molecule has 1 aliphatic heterocycles. The van der Waals surface area contributed by atoms with Crippen LogP contribution in [-0.4, -0.2) is 42.8 Å². The zero-order valence-corrected chi connectivity index (χ0v) is 17.8. The van der Waals surface area contributed by atoms with Crippen LogP contribution in [0.1, 0.15) is 29.5 Å². The molecule has 0 aromatic heterocycles. The maximum Gasteiger partial charge on any atom is 0.410 e. The summed E-state index contributed by atoms with van der Waals surface area (Å²) in [6.07, 6.45) is 0.690. The number of piperazine rings is 1. The minimum atomic E-state index is -0.214. The van der Waals surface area contributed by atoms with Crippen LogP contribution < -0.4 is 5.32 Å². The van der Waals surface area contributed by atoms with Crippen molar-refractivity contribution in [1.82, 2.24) is 10.2 Å². The Labute approximate surface area is 183 Å². The molecule has 1 aliphatic carbocycles. The van der Waals surface area contributed by atoms with E-state index in [1.807, 2.05) is 11.0 Å². The molecule has 1 N–H and O–H groups in total. The molecule has 1 amide bonds. The van der Waals surface area contributed by atoms with Gasteiger partial charge in [0.05, 0.1) is 0 Å². The zero-order valence-electron chi connectivity index (χ0n) is 17.8. The second kappa shape index (κ2) is 8.56. The predicted molar refractivity (Wildman–Crippen MR) is 123 cm³/mol. The van der Waals surface area contributed by atoms with E-state index < -0.39 is 0 Å². The molecule has 31 heavy (non-hydrogen) atoms. The Hall–Kier alpha value is -3.11. The van der Waals surface area contributed by atoms with Crippen molar-refractivity contribution < 1.29 is 9.53 Å². The number of ether oxygens (including phenoxy) is 1. The van der Waals surface area contributed by atoms with Crippen LogP contribution >= 0.6 is 0 Å². The quantitative estimate of drug-likeness (QED) is 0.667. The van der Waals surface area contributed by atoms with Gasteiger partial charge >= 0.3 is 6.09 Å². The molecule has 5 rings (SSSR count). The number of carbonyl (C=O) groups is 1. The summed E-state index contributed by atoms with van der Waals surface area (Å²) in [7, 11) is 0. The van der Waals surface area contributed by atoms with Crippen molar-refractivity contribution >= 4 is 6.09 Å². The standard InChI is InChI=1S/C27H28N2O2/c1-19-16-28-21(15-20-9-3-2-4-10-20)17-29(19)27(30)31-18-26-24-13-7-5-11-22(24)23-12-6-8-14-25(23)26/h2-14,19,21,26,28H,15-18H2,1H3/t19-,21+/m1/s1. The van der Waals surface area contributed by atoms with Gasteiger partial charge in [0.15, 0.2) is 0 Å². The lowest BCUT2D eigenvalue weighted by Crippen LogP contribution is -2.58. The fraction of sp³-hybridized carbons (Fsp3) is 0.296. The molecule has 0 radical (unpaired) electrons. The van der Waals surface area contributed by atoms with Crippen LogP contribution in [-0.2, 0) is 11.2 Å². The summed E-state index contributed by atoms with van der Waals surface area (Å²) in [4.78, 5) is 14.9. The first-order chi connectivity index (χ1) is 15.2. The number of hydrogen-bond donors (Lipinski definition) is 1. The average molecular weight is 413 g/mol. The molecule has 158 valence electrons. The van der Waals surface area contributed by atoms with E-state index >= 15 is 0 Å². The lowest BCUT2D eigenvalue weighted by atomic mass is 9.98. The normalized spacial score (nSPS) is 20.2. The third kappa shape index (κ3) is 3.96. The second-order valence-corrected chi connectivity index (χ2v) is 8.60. The number of nitrogens with one attached hydrogen (secondary N) is 1. The summed E-state index contributed by atoms with van der Waals surface area (Å²) in [5.41, 5.74) is 6.26. The molecule has 4 heteroatoms. The Balaban J connectivity index is 1.27. The summed E-state index contributed by atoms with van der Waals surface area (Å²) in [5.74, 6) is 0.0923. The van der Waals surface area contributed by atoms with Gasteiger partial charge in [-0.2, -0.15) is 0 Å². The highest BCUT2D eigenvalue weighted by atomic mass is 16.6. The highest BCUT2D eigenvalue weighted by Crippen LogP contribution is 2.44. The average Bonchev–Trinajstić information content (AvgIpc) is 3.13. The van der Waals surface area contributed by atoms with Crippen molar-refractivity contribution in [1.29, 1.82) is 0 Å². The van der Waals surface area contributed by atoms with E-state index in [1.54, 1.807) is 0 Å². The van der Waals surface area contributed by atoms with Crippen molar-refractivity contribution in [2.24, 2.45) is 0 Å². The van der Waals surface area contributed by atoms with Crippen molar-refractivity contribution in [2.45, 2.75) is 31.3 Å². The molecule has 1 heterocycles. The van der Waals surface area contributed by atoms with Crippen LogP contribution in [0.15, 0.2) is 78.9 Å². The van der Waals surface area contributed by atoms with E-state index in [4.69, 9.17) is 4.74 Å². The number of benzene rings is 3. The number of hydrogen-bond acceptors (Lipinski definition) is 3. The molecule has 0 spiro atoms. The summed E-state index contributed by atoms with van der Waals surface area (Å²) in [6.45, 7) is 3.88. The summed E-state index contributed by atoms with van der Waals surface area (Å²) >= 11 is 0. The van der Waals surface area contributed by atoms with Crippen molar-refractivity contribution in [2.75, 3.05) is 19.7 Å². The highest BCUT2D eigenvalue weighted by molar-refractivity contribution is 5.79. The van der Waals surface area contributed by atoms with Crippen LogP contribution in [0.5, 0.6) is 0 Å². The summed E-state index contributed by atoms with van der Waals surface area (Å²) < 4.78 is 5.91. The van der Waals surface area contributed by atoms with Crippen LogP contribution in [0, 0.1) is 0 Å². The van der Waals surface area contributed by atoms with Gasteiger partial charge in [-0.25, -0.2) is 4.79 Å². The predicted octanol–water partition coefficient (Wildman–Crippen LogP) is 4.84. The topological polar surface area (TPSA) is 41.6 Å². The highest BCUT2D eigenvalue weighted by Gasteiger charge is 2.32. The van der Waals surface area contributed by atoms with Crippen molar-refractivity contribution in [3.05, 3.63) is 95.6 Å². The van der Waals surface area contributed by atoms with Crippen molar-refractivity contribution in [3.8, 4) is 11.1 Å². The lowest BCUT2D eigenvalue weighted by molar-refractivity contribution is 0.0701. The molecule has 2 aliphatic rings. The Bertz CT molecular complexity index is 1020. The van der Waals surface area contributed by atoms with E-state index in [0.717, 1.165) is 13.0 Å². The van der Waals surface area contributed by atoms with Gasteiger partial charge in [0, 0.05) is 31.1 Å². The van der Waals surface area contributed by atoms with E-state index in [9.17, 15) is 4.79 Å². The summed E-state index contributed by atoms with van der Waals surface area (Å²) in [6, 6.07) is 27.6. The first kappa shape index (κ1) is 19.8.